The number of nitrogens with zero attached hydrogens (tertiary/aromatic N) is 3. The van der Waals surface area contributed by atoms with E-state index >= 15 is 0 Å². The van der Waals surface area contributed by atoms with Gasteiger partial charge in [-0.15, -0.1) is 0 Å². The molecule has 2 aliphatic heterocycles. The van der Waals surface area contributed by atoms with Crippen molar-refractivity contribution in [2.24, 2.45) is 5.73 Å². The molecule has 5 rings (SSSR count). The molecule has 2 aromatic rings. The van der Waals surface area contributed by atoms with Gasteiger partial charge in [0.05, 0.1) is 22.9 Å². The Morgan fingerprint density at radius 1 is 1.11 bits per heavy atom. The maximum Gasteiger partial charge on any atom is 0.126 e. The maximum atomic E-state index is 6.57. The van der Waals surface area contributed by atoms with Crippen molar-refractivity contribution in [1.82, 2.24) is 14.9 Å². The SMILES string of the molecule is CC1(C)CN(C2CCC(Nc3cc(-c4cccc(NCC5(N)CCOCC5)n4)c(Cl)cn3)CC2)CCO1. The molecule has 202 valence electrons. The zero-order chi connectivity index (χ0) is 25.9. The molecule has 0 radical (unpaired) electrons. The molecule has 1 aliphatic carbocycles. The van der Waals surface area contributed by atoms with Crippen LogP contribution in [0.4, 0.5) is 11.6 Å². The summed E-state index contributed by atoms with van der Waals surface area (Å²) in [6.45, 7) is 9.34. The zero-order valence-corrected chi connectivity index (χ0v) is 22.9. The number of rotatable bonds is 7. The van der Waals surface area contributed by atoms with Gasteiger partial charge in [0.1, 0.15) is 11.6 Å². The van der Waals surface area contributed by atoms with Gasteiger partial charge in [0.15, 0.2) is 0 Å². The Morgan fingerprint density at radius 2 is 1.89 bits per heavy atom. The Hall–Kier alpha value is -1.97. The van der Waals surface area contributed by atoms with E-state index in [0.29, 0.717) is 36.9 Å². The van der Waals surface area contributed by atoms with Gasteiger partial charge in [0.2, 0.25) is 0 Å². The summed E-state index contributed by atoms with van der Waals surface area (Å²) < 4.78 is 11.4. The molecule has 0 bridgehead atoms. The molecule has 4 N–H and O–H groups in total. The lowest BCUT2D eigenvalue weighted by Crippen LogP contribution is -2.53. The molecular weight excluding hydrogens is 488 g/mol. The average molecular weight is 529 g/mol. The summed E-state index contributed by atoms with van der Waals surface area (Å²) in [5, 5.41) is 7.68. The van der Waals surface area contributed by atoms with Crippen LogP contribution in [0.15, 0.2) is 30.5 Å². The largest absolute Gasteiger partial charge is 0.381 e. The van der Waals surface area contributed by atoms with E-state index in [0.717, 1.165) is 68.3 Å². The predicted molar refractivity (Wildman–Crippen MR) is 149 cm³/mol. The molecule has 4 heterocycles. The molecule has 9 heteroatoms. The topological polar surface area (TPSA) is 97.6 Å². The summed E-state index contributed by atoms with van der Waals surface area (Å²) in [6, 6.07) is 9.02. The van der Waals surface area contributed by atoms with Gasteiger partial charge >= 0.3 is 0 Å². The van der Waals surface area contributed by atoms with Crippen molar-refractivity contribution < 1.29 is 9.47 Å². The fourth-order valence-electron chi connectivity index (χ4n) is 5.78. The third-order valence-corrected chi connectivity index (χ3v) is 8.31. The lowest BCUT2D eigenvalue weighted by Gasteiger charge is -2.44. The predicted octanol–water partition coefficient (Wildman–Crippen LogP) is 4.55. The highest BCUT2D eigenvalue weighted by Gasteiger charge is 2.33. The van der Waals surface area contributed by atoms with Crippen molar-refractivity contribution in [2.45, 2.75) is 75.6 Å². The summed E-state index contributed by atoms with van der Waals surface area (Å²) in [4.78, 5) is 12.0. The fraction of sp³-hybridized carbons (Fsp3) is 0.643. The maximum absolute atomic E-state index is 6.57. The molecule has 2 aromatic heterocycles. The van der Waals surface area contributed by atoms with Crippen LogP contribution in [0.5, 0.6) is 0 Å². The number of aromatic nitrogens is 2. The first-order valence-corrected chi connectivity index (χ1v) is 14.0. The van der Waals surface area contributed by atoms with E-state index in [4.69, 9.17) is 31.8 Å². The third-order valence-electron chi connectivity index (χ3n) is 8.01. The second-order valence-electron chi connectivity index (χ2n) is 11.5. The average Bonchev–Trinajstić information content (AvgIpc) is 2.89. The van der Waals surface area contributed by atoms with Crippen molar-refractivity contribution in [1.29, 1.82) is 0 Å². The minimum Gasteiger partial charge on any atom is -0.381 e. The molecule has 1 saturated carbocycles. The van der Waals surface area contributed by atoms with Gasteiger partial charge in [-0.25, -0.2) is 9.97 Å². The van der Waals surface area contributed by atoms with Crippen LogP contribution in [-0.2, 0) is 9.47 Å². The molecule has 0 unspecified atom stereocenters. The van der Waals surface area contributed by atoms with Crippen LogP contribution < -0.4 is 16.4 Å². The van der Waals surface area contributed by atoms with E-state index < -0.39 is 0 Å². The highest BCUT2D eigenvalue weighted by atomic mass is 35.5. The summed E-state index contributed by atoms with van der Waals surface area (Å²) in [5.41, 5.74) is 7.92. The first kappa shape index (κ1) is 26.6. The highest BCUT2D eigenvalue weighted by molar-refractivity contribution is 6.33. The molecule has 2 saturated heterocycles. The second-order valence-corrected chi connectivity index (χ2v) is 11.9. The molecule has 0 aromatic carbocycles. The quantitative estimate of drug-likeness (QED) is 0.481. The number of halogens is 1. The molecule has 3 aliphatic rings. The summed E-state index contributed by atoms with van der Waals surface area (Å²) >= 11 is 6.57. The first-order valence-electron chi connectivity index (χ1n) is 13.7. The molecule has 3 fully saturated rings. The standard InChI is InChI=1S/C28H41ClN6O2/c1-27(2)19-35(12-15-37-27)21-8-6-20(7-9-21)33-26-16-22(23(29)17-31-26)24-4-3-5-25(34-24)32-18-28(30)10-13-36-14-11-28/h3-5,16-17,20-21H,6-15,18-19,30H2,1-2H3,(H,31,33)(H,32,34). The lowest BCUT2D eigenvalue weighted by molar-refractivity contribution is -0.100. The Kier molecular flexibility index (Phi) is 8.22. The number of nitrogens with one attached hydrogen (secondary N) is 2. The molecule has 8 nitrogen and oxygen atoms in total. The normalized spacial score (nSPS) is 25.9. The van der Waals surface area contributed by atoms with Crippen LogP contribution in [-0.4, -0.2) is 77.5 Å². The van der Waals surface area contributed by atoms with Gasteiger partial charge in [0.25, 0.3) is 0 Å². The summed E-state index contributed by atoms with van der Waals surface area (Å²) in [6.07, 6.45) is 8.06. The van der Waals surface area contributed by atoms with Crippen molar-refractivity contribution in [3.05, 3.63) is 35.5 Å². The van der Waals surface area contributed by atoms with Crippen LogP contribution in [0.1, 0.15) is 52.4 Å². The number of nitrogens with two attached hydrogens (primary N) is 1. The summed E-state index contributed by atoms with van der Waals surface area (Å²) in [5.74, 6) is 1.64. The van der Waals surface area contributed by atoms with Gasteiger partial charge in [-0.3, -0.25) is 4.90 Å². The minimum atomic E-state index is -0.266. The molecule has 37 heavy (non-hydrogen) atoms. The van der Waals surface area contributed by atoms with E-state index in [1.54, 1.807) is 6.20 Å². The smallest absolute Gasteiger partial charge is 0.126 e. The molecule has 0 atom stereocenters. The number of morpholine rings is 1. The van der Waals surface area contributed by atoms with E-state index in [1.165, 1.54) is 12.8 Å². The Labute approximate surface area is 225 Å². The molecule has 0 amide bonds. The Morgan fingerprint density at radius 3 is 2.65 bits per heavy atom. The van der Waals surface area contributed by atoms with E-state index in [9.17, 15) is 0 Å². The van der Waals surface area contributed by atoms with Crippen LogP contribution in [0.3, 0.4) is 0 Å². The number of hydrogen-bond acceptors (Lipinski definition) is 8. The highest BCUT2D eigenvalue weighted by Crippen LogP contribution is 2.32. The van der Waals surface area contributed by atoms with Crippen LogP contribution in [0.25, 0.3) is 11.3 Å². The van der Waals surface area contributed by atoms with E-state index in [2.05, 4.69) is 34.4 Å². The second kappa shape index (κ2) is 11.4. The van der Waals surface area contributed by atoms with Gasteiger partial charge in [0, 0.05) is 62.2 Å². The molecular formula is C28H41ClN6O2. The van der Waals surface area contributed by atoms with Crippen molar-refractivity contribution >= 4 is 23.2 Å². The van der Waals surface area contributed by atoms with Crippen molar-refractivity contribution in [3.63, 3.8) is 0 Å². The summed E-state index contributed by atoms with van der Waals surface area (Å²) in [7, 11) is 0. The number of hydrogen-bond donors (Lipinski definition) is 3. The van der Waals surface area contributed by atoms with E-state index in [1.807, 2.05) is 24.3 Å². The zero-order valence-electron chi connectivity index (χ0n) is 22.1. The first-order chi connectivity index (χ1) is 17.8. The number of pyridine rings is 2. The lowest BCUT2D eigenvalue weighted by atomic mass is 9.89. The van der Waals surface area contributed by atoms with Crippen LogP contribution in [0.2, 0.25) is 5.02 Å². The van der Waals surface area contributed by atoms with Gasteiger partial charge in [-0.05, 0) is 70.6 Å². The van der Waals surface area contributed by atoms with Crippen LogP contribution >= 0.6 is 11.6 Å². The monoisotopic (exact) mass is 528 g/mol. The van der Waals surface area contributed by atoms with Gasteiger partial charge in [-0.1, -0.05) is 17.7 Å². The van der Waals surface area contributed by atoms with Crippen molar-refractivity contribution in [3.8, 4) is 11.3 Å². The third kappa shape index (κ3) is 6.92. The minimum absolute atomic E-state index is 0.0472. The van der Waals surface area contributed by atoms with E-state index in [-0.39, 0.29) is 11.1 Å². The molecule has 0 spiro atoms. The van der Waals surface area contributed by atoms with Gasteiger partial charge < -0.3 is 25.8 Å². The van der Waals surface area contributed by atoms with Crippen molar-refractivity contribution in [2.75, 3.05) is 50.1 Å². The Balaban J connectivity index is 1.19. The number of ether oxygens (including phenoxy) is 2. The van der Waals surface area contributed by atoms with Crippen LogP contribution in [0, 0.1) is 0 Å². The number of anilines is 2. The Bertz CT molecular complexity index is 1050. The van der Waals surface area contributed by atoms with Gasteiger partial charge in [-0.2, -0.15) is 0 Å². The fourth-order valence-corrected chi connectivity index (χ4v) is 5.98.